The minimum Gasteiger partial charge on any atom is -0.457 e. The van der Waals surface area contributed by atoms with E-state index in [0.717, 1.165) is 92.6 Å². The second kappa shape index (κ2) is 12.5. The van der Waals surface area contributed by atoms with Crippen LogP contribution in [-0.4, -0.2) is 33.7 Å². The lowest BCUT2D eigenvalue weighted by Gasteiger charge is -2.14. The van der Waals surface area contributed by atoms with Gasteiger partial charge >= 0.3 is 0 Å². The Morgan fingerprint density at radius 3 is 1.34 bits per heavy atom. The van der Waals surface area contributed by atoms with E-state index in [2.05, 4.69) is 81.3 Å². The number of fused-ring (bicyclic) bond motifs is 2. The second-order valence-corrected chi connectivity index (χ2v) is 13.1. The zero-order chi connectivity index (χ0) is 31.7. The molecule has 2 heterocycles. The van der Waals surface area contributed by atoms with Gasteiger partial charge in [0.1, 0.15) is 23.2 Å². The average molecular weight is 621 g/mol. The molecule has 2 aliphatic rings. The van der Waals surface area contributed by atoms with E-state index in [0.29, 0.717) is 23.8 Å². The van der Waals surface area contributed by atoms with Crippen molar-refractivity contribution in [2.24, 2.45) is 0 Å². The Morgan fingerprint density at radius 1 is 0.532 bits per heavy atom. The third-order valence-corrected chi connectivity index (χ3v) is 9.80. The number of rotatable bonds is 8. The lowest BCUT2D eigenvalue weighted by atomic mass is 10.1. The predicted molar refractivity (Wildman–Crippen MR) is 192 cm³/mol. The lowest BCUT2D eigenvalue weighted by molar-refractivity contribution is 0.483. The molecule has 2 fully saturated rings. The van der Waals surface area contributed by atoms with E-state index in [9.17, 15) is 0 Å². The molecule has 0 aliphatic heterocycles. The van der Waals surface area contributed by atoms with Crippen LogP contribution in [-0.2, 0) is 0 Å². The highest BCUT2D eigenvalue weighted by Crippen LogP contribution is 2.31. The van der Waals surface area contributed by atoms with Gasteiger partial charge in [0.15, 0.2) is 0 Å². The van der Waals surface area contributed by atoms with Gasteiger partial charge in [-0.15, -0.1) is 0 Å². The van der Waals surface area contributed by atoms with Crippen LogP contribution in [0.2, 0.25) is 0 Å². The van der Waals surface area contributed by atoms with Gasteiger partial charge in [0.05, 0.1) is 0 Å². The van der Waals surface area contributed by atoms with Gasteiger partial charge in [0, 0.05) is 56.4 Å². The number of benzene rings is 4. The van der Waals surface area contributed by atoms with Crippen molar-refractivity contribution < 1.29 is 4.74 Å². The predicted octanol–water partition coefficient (Wildman–Crippen LogP) is 9.49. The topological polar surface area (TPSA) is 113 Å². The van der Waals surface area contributed by atoms with Crippen molar-refractivity contribution in [2.75, 3.05) is 0 Å². The molecule has 2 aliphatic carbocycles. The maximum absolute atomic E-state index is 8.53. The quantitative estimate of drug-likeness (QED) is 0.0753. The van der Waals surface area contributed by atoms with Crippen LogP contribution in [0.25, 0.3) is 44.3 Å². The fourth-order valence-corrected chi connectivity index (χ4v) is 7.13. The van der Waals surface area contributed by atoms with Gasteiger partial charge in [-0.1, -0.05) is 49.9 Å². The van der Waals surface area contributed by atoms with Crippen LogP contribution in [0.4, 0.5) is 0 Å². The maximum atomic E-state index is 8.53. The van der Waals surface area contributed by atoms with Crippen LogP contribution in [0.3, 0.4) is 0 Å². The summed E-state index contributed by atoms with van der Waals surface area (Å²) in [6.45, 7) is 0. The molecule has 0 atom stereocenters. The number of ether oxygens (including phenoxy) is 1. The third kappa shape index (κ3) is 6.26. The number of aromatic amines is 2. The normalized spacial score (nSPS) is 15.4. The number of nitrogens with one attached hydrogen (secondary N) is 6. The fraction of sp³-hybridized carbons (Fsp3) is 0.250. The first-order valence-corrected chi connectivity index (χ1v) is 16.9. The molecule has 0 saturated heterocycles. The third-order valence-electron chi connectivity index (χ3n) is 9.80. The van der Waals surface area contributed by atoms with Crippen LogP contribution in [0.15, 0.2) is 97.1 Å². The van der Waals surface area contributed by atoms with Gasteiger partial charge in [-0.25, -0.2) is 0 Å². The molecule has 2 saturated carbocycles. The van der Waals surface area contributed by atoms with Crippen molar-refractivity contribution in [1.29, 1.82) is 10.8 Å². The van der Waals surface area contributed by atoms with Gasteiger partial charge < -0.3 is 25.3 Å². The summed E-state index contributed by atoms with van der Waals surface area (Å²) in [6, 6.07) is 33.8. The second-order valence-electron chi connectivity index (χ2n) is 13.1. The van der Waals surface area contributed by atoms with Gasteiger partial charge in [-0.05, 0) is 110 Å². The smallest absolute Gasteiger partial charge is 0.127 e. The molecular formula is C40H40N6O. The van der Waals surface area contributed by atoms with Crippen molar-refractivity contribution in [1.82, 2.24) is 20.6 Å². The number of amidine groups is 2. The molecule has 7 heteroatoms. The van der Waals surface area contributed by atoms with E-state index in [-0.39, 0.29) is 0 Å². The van der Waals surface area contributed by atoms with Crippen LogP contribution >= 0.6 is 0 Å². The zero-order valence-electron chi connectivity index (χ0n) is 26.5. The van der Waals surface area contributed by atoms with Gasteiger partial charge in [-0.3, -0.25) is 10.8 Å². The largest absolute Gasteiger partial charge is 0.457 e. The molecule has 236 valence electrons. The van der Waals surface area contributed by atoms with Crippen molar-refractivity contribution in [3.63, 3.8) is 0 Å². The lowest BCUT2D eigenvalue weighted by Crippen LogP contribution is -2.32. The summed E-state index contributed by atoms with van der Waals surface area (Å²) in [7, 11) is 0. The Labute approximate surface area is 274 Å². The monoisotopic (exact) mass is 620 g/mol. The van der Waals surface area contributed by atoms with Crippen LogP contribution < -0.4 is 15.4 Å². The molecule has 6 N–H and O–H groups in total. The Balaban J connectivity index is 0.917. The molecular weight excluding hydrogens is 580 g/mol. The summed E-state index contributed by atoms with van der Waals surface area (Å²) in [5.41, 5.74) is 8.12. The summed E-state index contributed by atoms with van der Waals surface area (Å²) in [6.07, 6.45) is 9.61. The van der Waals surface area contributed by atoms with Crippen molar-refractivity contribution in [2.45, 2.75) is 63.5 Å². The minimum absolute atomic E-state index is 0.426. The molecule has 0 bridgehead atoms. The van der Waals surface area contributed by atoms with Crippen LogP contribution in [0.5, 0.6) is 11.5 Å². The van der Waals surface area contributed by atoms with Gasteiger partial charge in [-0.2, -0.15) is 0 Å². The Kier molecular flexibility index (Phi) is 7.73. The first-order chi connectivity index (χ1) is 23.0. The van der Waals surface area contributed by atoms with Gasteiger partial charge in [0.25, 0.3) is 0 Å². The highest BCUT2D eigenvalue weighted by Gasteiger charge is 2.18. The standard InChI is InChI=1S/C40H40N6O/c41-39(43-31-5-1-2-6-31)29-11-9-27-21-35(45-37(27)23-29)25-13-17-33(18-14-25)47-34-19-15-26(16-20-34)36-22-28-10-12-30(24-38(28)46-36)40(42)44-32-7-3-4-8-32/h9-24,31-32,45-46H,1-8H2,(H2,41,43)(H2,42,44). The highest BCUT2D eigenvalue weighted by atomic mass is 16.5. The van der Waals surface area contributed by atoms with E-state index in [1.165, 1.54) is 25.7 Å². The van der Waals surface area contributed by atoms with E-state index in [1.807, 2.05) is 36.4 Å². The highest BCUT2D eigenvalue weighted by molar-refractivity contribution is 6.01. The van der Waals surface area contributed by atoms with E-state index >= 15 is 0 Å². The zero-order valence-corrected chi connectivity index (χ0v) is 26.5. The fourth-order valence-electron chi connectivity index (χ4n) is 7.13. The van der Waals surface area contributed by atoms with Gasteiger partial charge in [0.2, 0.25) is 0 Å². The molecule has 2 aromatic heterocycles. The molecule has 8 rings (SSSR count). The van der Waals surface area contributed by atoms with Crippen molar-refractivity contribution in [3.05, 3.63) is 108 Å². The number of H-pyrrole nitrogens is 2. The number of hydrogen-bond acceptors (Lipinski definition) is 3. The molecule has 0 unspecified atom stereocenters. The van der Waals surface area contributed by atoms with Crippen molar-refractivity contribution >= 4 is 33.5 Å². The molecule has 0 radical (unpaired) electrons. The molecule has 47 heavy (non-hydrogen) atoms. The summed E-state index contributed by atoms with van der Waals surface area (Å²) in [5.74, 6) is 2.56. The van der Waals surface area contributed by atoms with Crippen LogP contribution in [0.1, 0.15) is 62.5 Å². The SMILES string of the molecule is N=C(NC1CCCC1)c1ccc2cc(-c3ccc(Oc4ccc(-c5cc6ccc(C(=N)NC7CCCC7)cc6[nH]5)cc4)cc3)[nH]c2c1. The minimum atomic E-state index is 0.426. The molecule has 7 nitrogen and oxygen atoms in total. The Bertz CT molecular complexity index is 1910. The molecule has 4 aromatic carbocycles. The summed E-state index contributed by atoms with van der Waals surface area (Å²) in [4.78, 5) is 7.08. The number of hydrogen-bond donors (Lipinski definition) is 6. The van der Waals surface area contributed by atoms with E-state index < -0.39 is 0 Å². The molecule has 0 amide bonds. The summed E-state index contributed by atoms with van der Waals surface area (Å²) < 4.78 is 6.19. The first-order valence-electron chi connectivity index (χ1n) is 16.9. The first kappa shape index (κ1) is 29.1. The molecule has 6 aromatic rings. The van der Waals surface area contributed by atoms with E-state index in [1.54, 1.807) is 0 Å². The number of aromatic nitrogens is 2. The summed E-state index contributed by atoms with van der Waals surface area (Å²) in [5, 5.41) is 26.1. The molecule has 0 spiro atoms. The Hall–Kier alpha value is -5.30. The average Bonchev–Trinajstić information content (AvgIpc) is 3.92. The Morgan fingerprint density at radius 2 is 0.936 bits per heavy atom. The maximum Gasteiger partial charge on any atom is 0.127 e. The van der Waals surface area contributed by atoms with E-state index in [4.69, 9.17) is 15.6 Å². The summed E-state index contributed by atoms with van der Waals surface area (Å²) >= 11 is 0. The van der Waals surface area contributed by atoms with Crippen LogP contribution in [0, 0.1) is 10.8 Å². The van der Waals surface area contributed by atoms with Crippen molar-refractivity contribution in [3.8, 4) is 34.0 Å².